The molecule has 2 heterocycles. The minimum Gasteiger partial charge on any atom is -0.356 e. The van der Waals surface area contributed by atoms with E-state index < -0.39 is 0 Å². The van der Waals surface area contributed by atoms with Gasteiger partial charge >= 0.3 is 0 Å². The molecule has 1 amide bonds. The number of nitrogens with one attached hydrogen (secondary N) is 2. The van der Waals surface area contributed by atoms with E-state index in [4.69, 9.17) is 0 Å². The monoisotopic (exact) mass is 387 g/mol. The lowest BCUT2D eigenvalue weighted by Crippen LogP contribution is -2.19. The second kappa shape index (κ2) is 8.31. The Morgan fingerprint density at radius 2 is 1.66 bits per heavy atom. The molecule has 0 aliphatic carbocycles. The number of rotatable bonds is 5. The molecule has 0 bridgehead atoms. The van der Waals surface area contributed by atoms with Crippen LogP contribution in [0.4, 0.5) is 23.1 Å². The Labute approximate surface area is 171 Å². The lowest BCUT2D eigenvalue weighted by atomic mass is 10.1. The van der Waals surface area contributed by atoms with Crippen LogP contribution >= 0.6 is 0 Å². The van der Waals surface area contributed by atoms with E-state index in [1.807, 2.05) is 68.4 Å². The second-order valence-electron chi connectivity index (χ2n) is 7.41. The Bertz CT molecular complexity index is 1010. The van der Waals surface area contributed by atoms with Gasteiger partial charge in [-0.05, 0) is 63.1 Å². The zero-order valence-corrected chi connectivity index (χ0v) is 16.8. The fraction of sp³-hybridized carbons (Fsp3) is 0.261. The number of anilines is 4. The van der Waals surface area contributed by atoms with Crippen molar-refractivity contribution in [2.75, 3.05) is 28.6 Å². The first kappa shape index (κ1) is 18.9. The van der Waals surface area contributed by atoms with E-state index in [9.17, 15) is 4.79 Å². The van der Waals surface area contributed by atoms with Crippen LogP contribution in [0.1, 0.15) is 34.5 Å². The van der Waals surface area contributed by atoms with Gasteiger partial charge in [0.05, 0.1) is 0 Å². The molecule has 0 spiro atoms. The molecule has 2 N–H and O–H groups in total. The summed E-state index contributed by atoms with van der Waals surface area (Å²) < 4.78 is 0. The van der Waals surface area contributed by atoms with Gasteiger partial charge in [-0.25, -0.2) is 4.98 Å². The summed E-state index contributed by atoms with van der Waals surface area (Å²) in [5, 5.41) is 6.19. The van der Waals surface area contributed by atoms with Crippen molar-refractivity contribution >= 4 is 29.0 Å². The molecule has 2 aromatic carbocycles. The van der Waals surface area contributed by atoms with E-state index in [-0.39, 0.29) is 5.91 Å². The molecular weight excluding hydrogens is 362 g/mol. The van der Waals surface area contributed by atoms with Crippen LogP contribution in [-0.4, -0.2) is 29.0 Å². The number of carbonyl (C=O) groups excluding carboxylic acids is 1. The molecule has 3 aromatic rings. The Kier molecular flexibility index (Phi) is 5.42. The van der Waals surface area contributed by atoms with Crippen molar-refractivity contribution in [3.8, 4) is 0 Å². The van der Waals surface area contributed by atoms with Crippen LogP contribution in [-0.2, 0) is 0 Å². The molecule has 1 aliphatic heterocycles. The van der Waals surface area contributed by atoms with Crippen molar-refractivity contribution in [2.45, 2.75) is 26.7 Å². The maximum atomic E-state index is 12.4. The summed E-state index contributed by atoms with van der Waals surface area (Å²) in [6.45, 7) is 6.05. The van der Waals surface area contributed by atoms with Crippen LogP contribution in [0, 0.1) is 13.8 Å². The molecule has 0 unspecified atom stereocenters. The Morgan fingerprint density at radius 3 is 2.38 bits per heavy atom. The number of amides is 1. The average Bonchev–Trinajstić information content (AvgIpc) is 3.24. The third-order valence-electron chi connectivity index (χ3n) is 4.95. The number of aryl methyl sites for hydroxylation is 2. The van der Waals surface area contributed by atoms with Gasteiger partial charge in [-0.3, -0.25) is 4.79 Å². The summed E-state index contributed by atoms with van der Waals surface area (Å²) >= 11 is 0. The number of carbonyl (C=O) groups is 1. The van der Waals surface area contributed by atoms with Gasteiger partial charge in [0.2, 0.25) is 5.95 Å². The molecular formula is C23H25N5O. The third kappa shape index (κ3) is 4.71. The molecule has 6 heteroatoms. The summed E-state index contributed by atoms with van der Waals surface area (Å²) in [5.41, 5.74) is 4.26. The van der Waals surface area contributed by atoms with E-state index >= 15 is 0 Å². The maximum Gasteiger partial charge on any atom is 0.255 e. The third-order valence-corrected chi connectivity index (χ3v) is 4.95. The van der Waals surface area contributed by atoms with Crippen molar-refractivity contribution < 1.29 is 4.79 Å². The fourth-order valence-corrected chi connectivity index (χ4v) is 3.47. The summed E-state index contributed by atoms with van der Waals surface area (Å²) in [4.78, 5) is 23.9. The van der Waals surface area contributed by atoms with E-state index in [1.165, 1.54) is 12.8 Å². The molecule has 1 aliphatic rings. The van der Waals surface area contributed by atoms with Crippen molar-refractivity contribution in [1.29, 1.82) is 0 Å². The predicted octanol–water partition coefficient (Wildman–Crippen LogP) is 4.69. The van der Waals surface area contributed by atoms with Crippen LogP contribution in [0.25, 0.3) is 0 Å². The van der Waals surface area contributed by atoms with Crippen LogP contribution in [0.5, 0.6) is 0 Å². The van der Waals surface area contributed by atoms with E-state index in [1.54, 1.807) is 0 Å². The lowest BCUT2D eigenvalue weighted by Gasteiger charge is -2.17. The zero-order valence-electron chi connectivity index (χ0n) is 16.8. The highest BCUT2D eigenvalue weighted by atomic mass is 16.1. The van der Waals surface area contributed by atoms with Gasteiger partial charge in [-0.2, -0.15) is 4.98 Å². The van der Waals surface area contributed by atoms with Gasteiger partial charge < -0.3 is 15.5 Å². The van der Waals surface area contributed by atoms with Gasteiger partial charge in [0.25, 0.3) is 5.91 Å². The number of aromatic nitrogens is 2. The topological polar surface area (TPSA) is 70.2 Å². The van der Waals surface area contributed by atoms with Gasteiger partial charge in [0, 0.05) is 41.8 Å². The minimum atomic E-state index is -0.119. The van der Waals surface area contributed by atoms with Crippen LogP contribution in [0.15, 0.2) is 54.6 Å². The number of hydrogen-bond acceptors (Lipinski definition) is 5. The molecule has 148 valence electrons. The van der Waals surface area contributed by atoms with Crippen molar-refractivity contribution in [1.82, 2.24) is 9.97 Å². The Morgan fingerprint density at radius 1 is 0.931 bits per heavy atom. The molecule has 0 atom stereocenters. The molecule has 4 rings (SSSR count). The van der Waals surface area contributed by atoms with Crippen LogP contribution in [0.3, 0.4) is 0 Å². The Balaban J connectivity index is 1.44. The second-order valence-corrected chi connectivity index (χ2v) is 7.41. The minimum absolute atomic E-state index is 0.119. The highest BCUT2D eigenvalue weighted by molar-refractivity contribution is 6.04. The van der Waals surface area contributed by atoms with Crippen LogP contribution in [0.2, 0.25) is 0 Å². The number of hydrogen-bond donors (Lipinski definition) is 2. The standard InChI is InChI=1S/C23H25N5O/c1-16-6-5-7-18(14-16)22(29)25-19-8-10-20(11-9-19)26-23-24-17(2)15-21(27-23)28-12-3-4-13-28/h5-11,14-15H,3-4,12-13H2,1-2H3,(H,25,29)(H,24,26,27). The highest BCUT2D eigenvalue weighted by Crippen LogP contribution is 2.22. The Hall–Kier alpha value is -3.41. The van der Waals surface area contributed by atoms with E-state index in [0.717, 1.165) is 41.5 Å². The highest BCUT2D eigenvalue weighted by Gasteiger charge is 2.15. The predicted molar refractivity (Wildman–Crippen MR) is 117 cm³/mol. The van der Waals surface area contributed by atoms with Gasteiger partial charge in [0.15, 0.2) is 0 Å². The van der Waals surface area contributed by atoms with Gasteiger partial charge in [0.1, 0.15) is 5.82 Å². The molecule has 6 nitrogen and oxygen atoms in total. The van der Waals surface area contributed by atoms with Crippen LogP contribution < -0.4 is 15.5 Å². The number of nitrogens with zero attached hydrogens (tertiary/aromatic N) is 3. The fourth-order valence-electron chi connectivity index (χ4n) is 3.47. The summed E-state index contributed by atoms with van der Waals surface area (Å²) in [7, 11) is 0. The van der Waals surface area contributed by atoms with Gasteiger partial charge in [-0.15, -0.1) is 0 Å². The summed E-state index contributed by atoms with van der Waals surface area (Å²) in [6.07, 6.45) is 2.42. The normalized spacial score (nSPS) is 13.4. The molecule has 1 fully saturated rings. The summed E-state index contributed by atoms with van der Waals surface area (Å²) in [6, 6.07) is 17.1. The van der Waals surface area contributed by atoms with Crippen molar-refractivity contribution in [3.05, 3.63) is 71.4 Å². The van der Waals surface area contributed by atoms with Crippen molar-refractivity contribution in [3.63, 3.8) is 0 Å². The first-order valence-electron chi connectivity index (χ1n) is 9.92. The SMILES string of the molecule is Cc1cccc(C(=O)Nc2ccc(Nc3nc(C)cc(N4CCCC4)n3)cc2)c1. The average molecular weight is 387 g/mol. The van der Waals surface area contributed by atoms with E-state index in [0.29, 0.717) is 11.5 Å². The molecule has 0 radical (unpaired) electrons. The molecule has 0 saturated carbocycles. The maximum absolute atomic E-state index is 12.4. The largest absolute Gasteiger partial charge is 0.356 e. The lowest BCUT2D eigenvalue weighted by molar-refractivity contribution is 0.102. The van der Waals surface area contributed by atoms with E-state index in [2.05, 4.69) is 25.5 Å². The molecule has 1 aromatic heterocycles. The summed E-state index contributed by atoms with van der Waals surface area (Å²) in [5.74, 6) is 1.44. The molecule has 29 heavy (non-hydrogen) atoms. The van der Waals surface area contributed by atoms with Gasteiger partial charge in [-0.1, -0.05) is 17.7 Å². The number of benzene rings is 2. The smallest absolute Gasteiger partial charge is 0.255 e. The first-order valence-corrected chi connectivity index (χ1v) is 9.92. The zero-order chi connectivity index (χ0) is 20.2. The molecule has 1 saturated heterocycles. The first-order chi connectivity index (χ1) is 14.1. The quantitative estimate of drug-likeness (QED) is 0.665. The van der Waals surface area contributed by atoms with Crippen molar-refractivity contribution in [2.24, 2.45) is 0 Å².